The zero-order valence-corrected chi connectivity index (χ0v) is 11.7. The zero-order valence-electron chi connectivity index (χ0n) is 11.7. The van der Waals surface area contributed by atoms with Crippen LogP contribution in [0.4, 0.5) is 0 Å². The Morgan fingerprint density at radius 2 is 2.35 bits per heavy atom. The van der Waals surface area contributed by atoms with Crippen molar-refractivity contribution in [2.24, 2.45) is 0 Å². The number of nitrogens with zero attached hydrogens (tertiary/aromatic N) is 3. The SMILES string of the molecule is COCCN(C(=O)c1noc(C2CCCN2)n1)C1CC1. The summed E-state index contributed by atoms with van der Waals surface area (Å²) in [5.74, 6) is 0.530. The molecule has 0 radical (unpaired) electrons. The van der Waals surface area contributed by atoms with Gasteiger partial charge in [0.25, 0.3) is 11.7 Å². The first-order chi connectivity index (χ1) is 9.79. The molecule has 1 saturated carbocycles. The van der Waals surface area contributed by atoms with Gasteiger partial charge in [-0.1, -0.05) is 5.16 Å². The first-order valence-corrected chi connectivity index (χ1v) is 7.16. The van der Waals surface area contributed by atoms with E-state index >= 15 is 0 Å². The van der Waals surface area contributed by atoms with E-state index in [9.17, 15) is 4.79 Å². The summed E-state index contributed by atoms with van der Waals surface area (Å²) in [6, 6.07) is 0.404. The number of ether oxygens (including phenoxy) is 1. The van der Waals surface area contributed by atoms with Crippen molar-refractivity contribution in [3.05, 3.63) is 11.7 Å². The van der Waals surface area contributed by atoms with Crippen LogP contribution in [0.25, 0.3) is 0 Å². The van der Waals surface area contributed by atoms with Gasteiger partial charge in [0, 0.05) is 19.7 Å². The molecule has 1 amide bonds. The number of carbonyl (C=O) groups excluding carboxylic acids is 1. The van der Waals surface area contributed by atoms with E-state index in [1.807, 2.05) is 0 Å². The summed E-state index contributed by atoms with van der Waals surface area (Å²) < 4.78 is 10.3. The van der Waals surface area contributed by atoms with Crippen LogP contribution in [-0.2, 0) is 4.74 Å². The molecule has 1 aromatic rings. The normalized spacial score (nSPS) is 22.1. The lowest BCUT2D eigenvalue weighted by molar-refractivity contribution is 0.0665. The van der Waals surface area contributed by atoms with E-state index in [1.165, 1.54) is 0 Å². The van der Waals surface area contributed by atoms with Gasteiger partial charge in [0.15, 0.2) is 0 Å². The number of amides is 1. The third-order valence-corrected chi connectivity index (χ3v) is 3.78. The molecule has 2 fully saturated rings. The van der Waals surface area contributed by atoms with Crippen molar-refractivity contribution in [1.82, 2.24) is 20.4 Å². The van der Waals surface area contributed by atoms with Crippen LogP contribution in [0.1, 0.15) is 48.2 Å². The summed E-state index contributed by atoms with van der Waals surface area (Å²) in [6.45, 7) is 2.06. The number of hydrogen-bond acceptors (Lipinski definition) is 6. The first kappa shape index (κ1) is 13.5. The van der Waals surface area contributed by atoms with E-state index < -0.39 is 0 Å². The largest absolute Gasteiger partial charge is 0.383 e. The van der Waals surface area contributed by atoms with Gasteiger partial charge in [-0.25, -0.2) is 0 Å². The zero-order chi connectivity index (χ0) is 13.9. The number of hydrogen-bond donors (Lipinski definition) is 1. The summed E-state index contributed by atoms with van der Waals surface area (Å²) in [5.41, 5.74) is 0. The fourth-order valence-corrected chi connectivity index (χ4v) is 2.51. The van der Waals surface area contributed by atoms with E-state index in [0.29, 0.717) is 25.1 Å². The quantitative estimate of drug-likeness (QED) is 0.828. The number of methoxy groups -OCH3 is 1. The lowest BCUT2D eigenvalue weighted by Crippen LogP contribution is -2.36. The maximum absolute atomic E-state index is 12.4. The maximum atomic E-state index is 12.4. The Labute approximate surface area is 117 Å². The average Bonchev–Trinajstić information content (AvgIpc) is 2.97. The lowest BCUT2D eigenvalue weighted by atomic mass is 10.2. The van der Waals surface area contributed by atoms with Crippen molar-refractivity contribution in [3.8, 4) is 0 Å². The van der Waals surface area contributed by atoms with Crippen LogP contribution in [0.5, 0.6) is 0 Å². The highest BCUT2D eigenvalue weighted by Gasteiger charge is 2.35. The van der Waals surface area contributed by atoms with Gasteiger partial charge in [0.1, 0.15) is 0 Å². The molecule has 0 spiro atoms. The first-order valence-electron chi connectivity index (χ1n) is 7.16. The molecular weight excluding hydrogens is 260 g/mol. The van der Waals surface area contributed by atoms with Gasteiger partial charge in [0.05, 0.1) is 12.6 Å². The summed E-state index contributed by atoms with van der Waals surface area (Å²) in [6.07, 6.45) is 4.17. The topological polar surface area (TPSA) is 80.5 Å². The van der Waals surface area contributed by atoms with Crippen LogP contribution in [-0.4, -0.2) is 53.8 Å². The highest BCUT2D eigenvalue weighted by molar-refractivity contribution is 5.90. The van der Waals surface area contributed by atoms with Gasteiger partial charge in [-0.15, -0.1) is 0 Å². The van der Waals surface area contributed by atoms with Crippen LogP contribution < -0.4 is 5.32 Å². The third kappa shape index (κ3) is 2.83. The van der Waals surface area contributed by atoms with E-state index in [2.05, 4.69) is 15.5 Å². The van der Waals surface area contributed by atoms with Gasteiger partial charge in [-0.2, -0.15) is 4.98 Å². The minimum atomic E-state index is -0.155. The van der Waals surface area contributed by atoms with Crippen molar-refractivity contribution in [2.45, 2.75) is 37.8 Å². The third-order valence-electron chi connectivity index (χ3n) is 3.78. The Balaban J connectivity index is 1.68. The molecule has 110 valence electrons. The molecular formula is C13H20N4O3. The Bertz CT molecular complexity index is 466. The molecule has 7 nitrogen and oxygen atoms in total. The van der Waals surface area contributed by atoms with Crippen LogP contribution >= 0.6 is 0 Å². The predicted octanol–water partition coefficient (Wildman–Crippen LogP) is 0.745. The minimum Gasteiger partial charge on any atom is -0.383 e. The Hall–Kier alpha value is -1.47. The number of rotatable bonds is 6. The molecule has 1 saturated heterocycles. The molecule has 2 aliphatic rings. The molecule has 0 bridgehead atoms. The Kier molecular flexibility index (Phi) is 3.98. The molecule has 1 aromatic heterocycles. The smallest absolute Gasteiger partial charge is 0.295 e. The molecule has 1 N–H and O–H groups in total. The van der Waals surface area contributed by atoms with E-state index in [-0.39, 0.29) is 17.8 Å². The van der Waals surface area contributed by atoms with Crippen LogP contribution in [0, 0.1) is 0 Å². The van der Waals surface area contributed by atoms with E-state index in [1.54, 1.807) is 12.0 Å². The molecule has 2 heterocycles. The second-order valence-electron chi connectivity index (χ2n) is 5.33. The lowest BCUT2D eigenvalue weighted by Gasteiger charge is -2.19. The van der Waals surface area contributed by atoms with Gasteiger partial charge in [-0.05, 0) is 32.2 Å². The highest BCUT2D eigenvalue weighted by atomic mass is 16.5. The molecule has 20 heavy (non-hydrogen) atoms. The van der Waals surface area contributed by atoms with Crippen molar-refractivity contribution >= 4 is 5.91 Å². The fraction of sp³-hybridized carbons (Fsp3) is 0.769. The van der Waals surface area contributed by atoms with Crippen LogP contribution in [0.2, 0.25) is 0 Å². The van der Waals surface area contributed by atoms with Gasteiger partial charge in [0.2, 0.25) is 5.89 Å². The molecule has 1 aliphatic carbocycles. The summed E-state index contributed by atoms with van der Waals surface area (Å²) >= 11 is 0. The monoisotopic (exact) mass is 280 g/mol. The van der Waals surface area contributed by atoms with Crippen molar-refractivity contribution in [2.75, 3.05) is 26.8 Å². The second kappa shape index (κ2) is 5.88. The maximum Gasteiger partial charge on any atom is 0.295 e. The molecule has 0 aromatic carbocycles. The second-order valence-corrected chi connectivity index (χ2v) is 5.33. The number of nitrogens with one attached hydrogen (secondary N) is 1. The average molecular weight is 280 g/mol. The Morgan fingerprint density at radius 3 is 3.00 bits per heavy atom. The van der Waals surface area contributed by atoms with Crippen LogP contribution in [0.15, 0.2) is 4.52 Å². The van der Waals surface area contributed by atoms with Gasteiger partial charge >= 0.3 is 0 Å². The standard InChI is InChI=1S/C13H20N4O3/c1-19-8-7-17(9-4-5-9)13(18)11-15-12(20-16-11)10-3-2-6-14-10/h9-10,14H,2-8H2,1H3. The summed E-state index contributed by atoms with van der Waals surface area (Å²) in [7, 11) is 1.63. The summed E-state index contributed by atoms with van der Waals surface area (Å²) in [5, 5.41) is 7.12. The van der Waals surface area contributed by atoms with Crippen molar-refractivity contribution < 1.29 is 14.1 Å². The van der Waals surface area contributed by atoms with Crippen molar-refractivity contribution in [3.63, 3.8) is 0 Å². The Morgan fingerprint density at radius 1 is 1.50 bits per heavy atom. The molecule has 7 heteroatoms. The number of carbonyl (C=O) groups is 1. The fourth-order valence-electron chi connectivity index (χ4n) is 2.51. The highest BCUT2D eigenvalue weighted by Crippen LogP contribution is 2.28. The molecule has 1 atom stereocenters. The molecule has 1 unspecified atom stereocenters. The predicted molar refractivity (Wildman–Crippen MR) is 70.2 cm³/mol. The van der Waals surface area contributed by atoms with E-state index in [0.717, 1.165) is 32.2 Å². The van der Waals surface area contributed by atoms with Crippen LogP contribution in [0.3, 0.4) is 0 Å². The van der Waals surface area contributed by atoms with Gasteiger partial charge < -0.3 is 19.5 Å². The minimum absolute atomic E-state index is 0.0948. The summed E-state index contributed by atoms with van der Waals surface area (Å²) in [4.78, 5) is 18.5. The number of aromatic nitrogens is 2. The van der Waals surface area contributed by atoms with Crippen molar-refractivity contribution in [1.29, 1.82) is 0 Å². The van der Waals surface area contributed by atoms with Gasteiger partial charge in [-0.3, -0.25) is 4.79 Å². The molecule has 3 rings (SSSR count). The molecule has 1 aliphatic heterocycles. The van der Waals surface area contributed by atoms with E-state index in [4.69, 9.17) is 9.26 Å².